The number of rotatable bonds is 3. The molecule has 0 saturated carbocycles. The van der Waals surface area contributed by atoms with Gasteiger partial charge in [0, 0.05) is 23.7 Å². The van der Waals surface area contributed by atoms with Crippen molar-refractivity contribution in [2.45, 2.75) is 0 Å². The van der Waals surface area contributed by atoms with Crippen molar-refractivity contribution in [3.63, 3.8) is 0 Å². The van der Waals surface area contributed by atoms with Crippen LogP contribution in [0.1, 0.15) is 10.4 Å². The van der Waals surface area contributed by atoms with Crippen LogP contribution in [0.3, 0.4) is 0 Å². The highest BCUT2D eigenvalue weighted by Crippen LogP contribution is 2.23. The molecule has 4 rings (SSSR count). The van der Waals surface area contributed by atoms with E-state index in [0.29, 0.717) is 48.4 Å². The summed E-state index contributed by atoms with van der Waals surface area (Å²) >= 11 is 5.94. The maximum Gasteiger partial charge on any atom is 0.258 e. The average Bonchev–Trinajstić information content (AvgIpc) is 3.10. The van der Waals surface area contributed by atoms with Gasteiger partial charge in [-0.2, -0.15) is 9.97 Å². The fourth-order valence-electron chi connectivity index (χ4n) is 2.68. The van der Waals surface area contributed by atoms with Crippen LogP contribution < -0.4 is 10.2 Å². The molecule has 0 atom stereocenters. The predicted molar refractivity (Wildman–Crippen MR) is 94.1 cm³/mol. The van der Waals surface area contributed by atoms with Crippen LogP contribution in [0, 0.1) is 0 Å². The first-order valence-corrected chi connectivity index (χ1v) is 8.19. The summed E-state index contributed by atoms with van der Waals surface area (Å²) in [6, 6.07) is 6.69. The van der Waals surface area contributed by atoms with Gasteiger partial charge in [-0.25, -0.2) is 4.98 Å². The molecular weight excluding hydrogens is 344 g/mol. The highest BCUT2D eigenvalue weighted by Gasteiger charge is 2.19. The molecule has 128 valence electrons. The van der Waals surface area contributed by atoms with Crippen LogP contribution in [-0.4, -0.2) is 52.1 Å². The molecular formula is C16H15ClN6O2. The van der Waals surface area contributed by atoms with Gasteiger partial charge >= 0.3 is 0 Å². The number of fused-ring (bicyclic) bond motifs is 1. The molecule has 9 heteroatoms. The Hall–Kier alpha value is -2.71. The lowest BCUT2D eigenvalue weighted by atomic mass is 10.2. The second-order valence-electron chi connectivity index (χ2n) is 5.54. The number of nitrogens with one attached hydrogen (secondary N) is 2. The Bertz CT molecular complexity index is 922. The zero-order valence-corrected chi connectivity index (χ0v) is 14.0. The number of morpholine rings is 1. The van der Waals surface area contributed by atoms with Crippen LogP contribution >= 0.6 is 11.6 Å². The number of amides is 1. The van der Waals surface area contributed by atoms with Gasteiger partial charge in [-0.1, -0.05) is 17.7 Å². The van der Waals surface area contributed by atoms with E-state index in [1.54, 1.807) is 30.6 Å². The predicted octanol–water partition coefficient (Wildman–Crippen LogP) is 2.10. The highest BCUT2D eigenvalue weighted by molar-refractivity contribution is 6.31. The summed E-state index contributed by atoms with van der Waals surface area (Å²) in [5.41, 5.74) is 1.67. The molecule has 1 aliphatic rings. The van der Waals surface area contributed by atoms with Crippen molar-refractivity contribution in [1.82, 2.24) is 19.9 Å². The average molecular weight is 359 g/mol. The van der Waals surface area contributed by atoms with Gasteiger partial charge in [-0.05, 0) is 18.2 Å². The smallest absolute Gasteiger partial charge is 0.258 e. The molecule has 1 aromatic carbocycles. The molecule has 0 radical (unpaired) electrons. The lowest BCUT2D eigenvalue weighted by Gasteiger charge is -2.28. The van der Waals surface area contributed by atoms with Gasteiger partial charge in [-0.3, -0.25) is 10.1 Å². The third kappa shape index (κ3) is 3.26. The van der Waals surface area contributed by atoms with Crippen LogP contribution in [0.4, 0.5) is 11.8 Å². The van der Waals surface area contributed by atoms with Gasteiger partial charge in [0.05, 0.1) is 19.5 Å². The molecule has 1 fully saturated rings. The Labute approximate surface area is 148 Å². The van der Waals surface area contributed by atoms with Crippen LogP contribution in [0.2, 0.25) is 5.02 Å². The summed E-state index contributed by atoms with van der Waals surface area (Å²) in [7, 11) is 0. The summed E-state index contributed by atoms with van der Waals surface area (Å²) in [5.74, 6) is 0.573. The topological polar surface area (TPSA) is 96.0 Å². The van der Waals surface area contributed by atoms with Crippen molar-refractivity contribution in [3.8, 4) is 0 Å². The van der Waals surface area contributed by atoms with Crippen LogP contribution in [0.15, 0.2) is 30.6 Å². The third-order valence-corrected chi connectivity index (χ3v) is 4.12. The van der Waals surface area contributed by atoms with Gasteiger partial charge in [0.2, 0.25) is 5.95 Å². The number of nitrogens with zero attached hydrogens (tertiary/aromatic N) is 4. The van der Waals surface area contributed by atoms with E-state index in [9.17, 15) is 4.79 Å². The molecule has 2 aromatic heterocycles. The van der Waals surface area contributed by atoms with Crippen molar-refractivity contribution in [2.75, 3.05) is 36.5 Å². The van der Waals surface area contributed by atoms with Crippen LogP contribution in [0.25, 0.3) is 11.2 Å². The zero-order valence-electron chi connectivity index (χ0n) is 13.2. The van der Waals surface area contributed by atoms with E-state index < -0.39 is 0 Å². The molecule has 1 saturated heterocycles. The minimum absolute atomic E-state index is 0.200. The minimum Gasteiger partial charge on any atom is -0.378 e. The Kier molecular flexibility index (Phi) is 4.21. The van der Waals surface area contributed by atoms with Crippen molar-refractivity contribution in [3.05, 3.63) is 41.2 Å². The molecule has 0 bridgehead atoms. The molecule has 8 nitrogen and oxygen atoms in total. The molecule has 0 aliphatic carbocycles. The molecule has 1 aliphatic heterocycles. The van der Waals surface area contributed by atoms with Gasteiger partial charge < -0.3 is 14.6 Å². The molecule has 2 N–H and O–H groups in total. The number of hydrogen-bond donors (Lipinski definition) is 2. The number of carbonyl (C=O) groups excluding carboxylic acids is 1. The fraction of sp³-hybridized carbons (Fsp3) is 0.250. The number of aromatic nitrogens is 4. The first-order chi connectivity index (χ1) is 12.2. The molecule has 0 unspecified atom stereocenters. The van der Waals surface area contributed by atoms with Gasteiger partial charge in [0.1, 0.15) is 5.52 Å². The second kappa shape index (κ2) is 6.66. The number of ether oxygens (including phenoxy) is 1. The number of imidazole rings is 1. The first kappa shape index (κ1) is 15.8. The second-order valence-corrected chi connectivity index (χ2v) is 5.97. The normalized spacial score (nSPS) is 14.7. The number of aromatic amines is 1. The Morgan fingerprint density at radius 1 is 1.28 bits per heavy atom. The SMILES string of the molecule is O=C(Nc1nc(N2CCOCC2)c2[nH]cnc2n1)c1cccc(Cl)c1. The van der Waals surface area contributed by atoms with Gasteiger partial charge in [0.25, 0.3) is 5.91 Å². The van der Waals surface area contributed by atoms with Crippen LogP contribution in [0.5, 0.6) is 0 Å². The minimum atomic E-state index is -0.328. The number of anilines is 2. The zero-order chi connectivity index (χ0) is 17.2. The first-order valence-electron chi connectivity index (χ1n) is 7.81. The summed E-state index contributed by atoms with van der Waals surface area (Å²) in [4.78, 5) is 30.6. The molecule has 25 heavy (non-hydrogen) atoms. The Morgan fingerprint density at radius 3 is 2.92 bits per heavy atom. The number of H-pyrrole nitrogens is 1. The summed E-state index contributed by atoms with van der Waals surface area (Å²) in [6.07, 6.45) is 1.56. The Morgan fingerprint density at radius 2 is 2.12 bits per heavy atom. The molecule has 3 aromatic rings. The molecule has 3 heterocycles. The number of halogens is 1. The van der Waals surface area contributed by atoms with E-state index in [1.165, 1.54) is 0 Å². The number of benzene rings is 1. The third-order valence-electron chi connectivity index (χ3n) is 3.89. The van der Waals surface area contributed by atoms with Crippen molar-refractivity contribution in [1.29, 1.82) is 0 Å². The van der Waals surface area contributed by atoms with E-state index in [2.05, 4.69) is 30.2 Å². The van der Waals surface area contributed by atoms with Gasteiger partial charge in [-0.15, -0.1) is 0 Å². The fourth-order valence-corrected chi connectivity index (χ4v) is 2.87. The van der Waals surface area contributed by atoms with E-state index >= 15 is 0 Å². The maximum atomic E-state index is 12.4. The maximum absolute atomic E-state index is 12.4. The van der Waals surface area contributed by atoms with Gasteiger partial charge in [0.15, 0.2) is 11.5 Å². The highest BCUT2D eigenvalue weighted by atomic mass is 35.5. The Balaban J connectivity index is 1.66. The van der Waals surface area contributed by atoms with Crippen molar-refractivity contribution >= 4 is 40.4 Å². The standard InChI is InChI=1S/C16H15ClN6O2/c17-11-3-1-2-10(8-11)15(24)22-16-20-13-12(18-9-19-13)14(21-16)23-4-6-25-7-5-23/h1-3,8-9H,4-7H2,(H2,18,19,20,21,22,24). The lowest BCUT2D eigenvalue weighted by Crippen LogP contribution is -2.37. The van der Waals surface area contributed by atoms with E-state index in [1.807, 2.05) is 0 Å². The summed E-state index contributed by atoms with van der Waals surface area (Å²) in [5, 5.41) is 3.21. The monoisotopic (exact) mass is 358 g/mol. The summed E-state index contributed by atoms with van der Waals surface area (Å²) < 4.78 is 5.39. The van der Waals surface area contributed by atoms with E-state index in [-0.39, 0.29) is 11.9 Å². The van der Waals surface area contributed by atoms with Crippen molar-refractivity contribution < 1.29 is 9.53 Å². The molecule has 0 spiro atoms. The quantitative estimate of drug-likeness (QED) is 0.744. The number of hydrogen-bond acceptors (Lipinski definition) is 6. The van der Waals surface area contributed by atoms with E-state index in [4.69, 9.17) is 16.3 Å². The number of carbonyl (C=O) groups is 1. The van der Waals surface area contributed by atoms with E-state index in [0.717, 1.165) is 5.52 Å². The lowest BCUT2D eigenvalue weighted by molar-refractivity contribution is 0.102. The van der Waals surface area contributed by atoms with Crippen molar-refractivity contribution in [2.24, 2.45) is 0 Å². The van der Waals surface area contributed by atoms with Crippen LogP contribution in [-0.2, 0) is 4.74 Å². The molecule has 1 amide bonds. The summed E-state index contributed by atoms with van der Waals surface area (Å²) in [6.45, 7) is 2.69. The largest absolute Gasteiger partial charge is 0.378 e.